The Balaban J connectivity index is 3.89. The van der Waals surface area contributed by atoms with Crippen LogP contribution < -0.4 is 5.48 Å². The van der Waals surface area contributed by atoms with Crippen molar-refractivity contribution in [3.05, 3.63) is 24.3 Å². The van der Waals surface area contributed by atoms with E-state index >= 15 is 0 Å². The van der Waals surface area contributed by atoms with Crippen LogP contribution in [0.15, 0.2) is 24.3 Å². The van der Waals surface area contributed by atoms with Gasteiger partial charge in [0.1, 0.15) is 6.10 Å². The Hall–Kier alpha value is -2.05. The smallest absolute Gasteiger partial charge is 0.324 e. The third-order valence-corrected chi connectivity index (χ3v) is 2.28. The molecule has 0 rings (SSSR count). The molecule has 0 heterocycles. The van der Waals surface area contributed by atoms with Gasteiger partial charge in [-0.1, -0.05) is 30.1 Å². The molecule has 0 bridgehead atoms. The Labute approximate surface area is 125 Å². The molecule has 5 heteroatoms. The van der Waals surface area contributed by atoms with Crippen LogP contribution in [0.3, 0.4) is 0 Å². The second-order valence-electron chi connectivity index (χ2n) is 4.09. The number of rotatable bonds is 8. The van der Waals surface area contributed by atoms with Crippen molar-refractivity contribution in [2.75, 3.05) is 7.05 Å². The minimum atomic E-state index is -0.784. The van der Waals surface area contributed by atoms with Crippen LogP contribution in [0.2, 0.25) is 0 Å². The zero-order chi connectivity index (χ0) is 15.9. The maximum atomic E-state index is 11.0. The summed E-state index contributed by atoms with van der Waals surface area (Å²) in [6.45, 7) is 0. The summed E-state index contributed by atoms with van der Waals surface area (Å²) in [5.41, 5.74) is 2.29. The normalized spacial score (nSPS) is 13.4. The average molecular weight is 291 g/mol. The molecule has 21 heavy (non-hydrogen) atoms. The van der Waals surface area contributed by atoms with Crippen LogP contribution in [0, 0.1) is 24.2 Å². The number of terminal acetylenes is 1. The van der Waals surface area contributed by atoms with Crippen molar-refractivity contribution >= 4 is 5.97 Å². The molecule has 0 aliphatic carbocycles. The van der Waals surface area contributed by atoms with Gasteiger partial charge >= 0.3 is 5.97 Å². The quantitative estimate of drug-likeness (QED) is 0.348. The number of carbonyl (C=O) groups is 1. The van der Waals surface area contributed by atoms with Gasteiger partial charge in [0, 0.05) is 19.9 Å². The van der Waals surface area contributed by atoms with Crippen LogP contribution >= 0.6 is 0 Å². The highest BCUT2D eigenvalue weighted by Gasteiger charge is 2.04. The van der Waals surface area contributed by atoms with Crippen molar-refractivity contribution in [2.24, 2.45) is 0 Å². The molecule has 0 spiro atoms. The summed E-state index contributed by atoms with van der Waals surface area (Å²) in [7, 11) is 1.50. The van der Waals surface area contributed by atoms with E-state index in [9.17, 15) is 15.0 Å². The lowest BCUT2D eigenvalue weighted by Gasteiger charge is -2.02. The van der Waals surface area contributed by atoms with E-state index in [-0.39, 0.29) is 18.8 Å². The molecule has 0 fully saturated rings. The molecule has 0 aliphatic rings. The summed E-state index contributed by atoms with van der Waals surface area (Å²) in [6, 6.07) is 0. The molecule has 0 aromatic rings. The van der Waals surface area contributed by atoms with Gasteiger partial charge in [0.05, 0.1) is 6.10 Å². The topological polar surface area (TPSA) is 78.8 Å². The lowest BCUT2D eigenvalue weighted by atomic mass is 10.1. The van der Waals surface area contributed by atoms with Crippen LogP contribution in [-0.2, 0) is 9.63 Å². The third-order valence-electron chi connectivity index (χ3n) is 2.28. The number of carbonyl (C=O) groups excluding carboxylic acids is 1. The maximum absolute atomic E-state index is 11.0. The van der Waals surface area contributed by atoms with Crippen molar-refractivity contribution in [3.63, 3.8) is 0 Å². The van der Waals surface area contributed by atoms with Gasteiger partial charge in [-0.2, -0.15) is 5.48 Å². The largest absolute Gasteiger partial charge is 0.388 e. The van der Waals surface area contributed by atoms with Gasteiger partial charge in [-0.15, -0.1) is 12.3 Å². The van der Waals surface area contributed by atoms with Gasteiger partial charge < -0.3 is 15.1 Å². The molecule has 2 atom stereocenters. The van der Waals surface area contributed by atoms with Crippen LogP contribution in [-0.4, -0.2) is 35.4 Å². The highest BCUT2D eigenvalue weighted by Crippen LogP contribution is 2.01. The number of nitrogens with one attached hydrogen (secondary N) is 1. The standard InChI is InChI=1S/C16H21NO4/c1-3-9-14(18)10-6-4-5-7-11-15(19)12-8-13-16(20)21-17-2/h1,4-6,10,14-15,17-19H,8-9,12-13H2,2H3/b5-4+,10-6+/t14-,15+/m1/s1. The number of hydroxylamine groups is 1. The summed E-state index contributed by atoms with van der Waals surface area (Å²) >= 11 is 0. The summed E-state index contributed by atoms with van der Waals surface area (Å²) in [5, 5.41) is 18.8. The first kappa shape index (κ1) is 18.9. The molecule has 0 aromatic carbocycles. The Morgan fingerprint density at radius 2 is 2.19 bits per heavy atom. The fourth-order valence-corrected chi connectivity index (χ4v) is 1.31. The van der Waals surface area contributed by atoms with Crippen LogP contribution in [0.1, 0.15) is 25.7 Å². The zero-order valence-corrected chi connectivity index (χ0v) is 12.1. The molecular weight excluding hydrogens is 270 g/mol. The molecule has 0 radical (unpaired) electrons. The van der Waals surface area contributed by atoms with Crippen LogP contribution in [0.25, 0.3) is 0 Å². The van der Waals surface area contributed by atoms with E-state index in [4.69, 9.17) is 6.42 Å². The molecule has 0 amide bonds. The lowest BCUT2D eigenvalue weighted by molar-refractivity contribution is -0.150. The van der Waals surface area contributed by atoms with E-state index in [0.717, 1.165) is 0 Å². The van der Waals surface area contributed by atoms with Gasteiger partial charge in [-0.05, 0) is 18.9 Å². The van der Waals surface area contributed by atoms with Crippen LogP contribution in [0.4, 0.5) is 0 Å². The Morgan fingerprint density at radius 3 is 2.86 bits per heavy atom. The second kappa shape index (κ2) is 13.0. The van der Waals surface area contributed by atoms with E-state index in [1.807, 2.05) is 0 Å². The van der Waals surface area contributed by atoms with Crippen molar-refractivity contribution in [3.8, 4) is 24.2 Å². The monoisotopic (exact) mass is 291 g/mol. The molecule has 0 unspecified atom stereocenters. The van der Waals surface area contributed by atoms with Gasteiger partial charge in [0.2, 0.25) is 0 Å². The van der Waals surface area contributed by atoms with Crippen molar-refractivity contribution in [2.45, 2.75) is 37.9 Å². The molecule has 3 N–H and O–H groups in total. The van der Waals surface area contributed by atoms with E-state index in [2.05, 4.69) is 28.1 Å². The first-order chi connectivity index (χ1) is 10.1. The predicted octanol–water partition coefficient (Wildman–Crippen LogP) is 0.695. The Morgan fingerprint density at radius 1 is 1.43 bits per heavy atom. The van der Waals surface area contributed by atoms with E-state index in [1.165, 1.54) is 7.05 Å². The Bertz CT molecular complexity index is 451. The zero-order valence-electron chi connectivity index (χ0n) is 12.1. The first-order valence-corrected chi connectivity index (χ1v) is 6.60. The van der Waals surface area contributed by atoms with Crippen LogP contribution in [0.5, 0.6) is 0 Å². The summed E-state index contributed by atoms with van der Waals surface area (Å²) in [4.78, 5) is 15.5. The first-order valence-electron chi connectivity index (χ1n) is 6.60. The summed E-state index contributed by atoms with van der Waals surface area (Å²) < 4.78 is 0. The number of hydrogen-bond donors (Lipinski definition) is 3. The summed E-state index contributed by atoms with van der Waals surface area (Å²) in [6.07, 6.45) is 11.4. The molecule has 0 saturated heterocycles. The van der Waals surface area contributed by atoms with E-state index in [1.54, 1.807) is 24.3 Å². The number of allylic oxidation sites excluding steroid dienone is 3. The third kappa shape index (κ3) is 12.7. The fraction of sp³-hybridized carbons (Fsp3) is 0.438. The summed E-state index contributed by atoms with van der Waals surface area (Å²) in [5.74, 6) is 7.28. The number of hydrogen-bond acceptors (Lipinski definition) is 5. The van der Waals surface area contributed by atoms with Gasteiger partial charge in [0.25, 0.3) is 0 Å². The fourth-order valence-electron chi connectivity index (χ4n) is 1.31. The maximum Gasteiger partial charge on any atom is 0.324 e. The molecule has 0 saturated carbocycles. The van der Waals surface area contributed by atoms with E-state index < -0.39 is 12.2 Å². The molecule has 0 aliphatic heterocycles. The highest BCUT2D eigenvalue weighted by atomic mass is 16.7. The lowest BCUT2D eigenvalue weighted by Crippen LogP contribution is -2.15. The highest BCUT2D eigenvalue weighted by molar-refractivity contribution is 5.68. The van der Waals surface area contributed by atoms with Gasteiger partial charge in [-0.3, -0.25) is 4.79 Å². The molecule has 5 nitrogen and oxygen atoms in total. The van der Waals surface area contributed by atoms with E-state index in [0.29, 0.717) is 12.8 Å². The predicted molar refractivity (Wildman–Crippen MR) is 80.5 cm³/mol. The number of aliphatic hydroxyl groups excluding tert-OH is 2. The minimum Gasteiger partial charge on any atom is -0.388 e. The van der Waals surface area contributed by atoms with Gasteiger partial charge in [-0.25, -0.2) is 0 Å². The SMILES string of the molecule is C#CC[C@@H](O)/C=C/C=C/C#C[C@H](O)CCCC(=O)ONC. The molecule has 0 aromatic heterocycles. The van der Waals surface area contributed by atoms with Crippen molar-refractivity contribution in [1.29, 1.82) is 0 Å². The Kier molecular flexibility index (Phi) is 11.7. The number of aliphatic hydroxyl groups is 2. The van der Waals surface area contributed by atoms with Crippen molar-refractivity contribution < 1.29 is 19.8 Å². The molecular formula is C16H21NO4. The van der Waals surface area contributed by atoms with Gasteiger partial charge in [0.15, 0.2) is 0 Å². The van der Waals surface area contributed by atoms with Crippen molar-refractivity contribution in [1.82, 2.24) is 5.48 Å². The molecule has 114 valence electrons. The minimum absolute atomic E-state index is 0.227. The average Bonchev–Trinajstić information content (AvgIpc) is 2.43. The second-order valence-corrected chi connectivity index (χ2v) is 4.09.